The second-order valence-electron chi connectivity index (χ2n) is 6.46. The van der Waals surface area contributed by atoms with Gasteiger partial charge in [0.05, 0.1) is 15.2 Å². The summed E-state index contributed by atoms with van der Waals surface area (Å²) in [5.74, 6) is 0.479. The third-order valence-corrected chi connectivity index (χ3v) is 5.83. The Bertz CT molecular complexity index is 866. The number of aromatic nitrogens is 1. The standard InChI is InChI=1S/C20H21N3O2S/c24-16-7-5-15(6-8-16)22-11-13-23(14-12-22)20(25)10-9-19-21-17-3-1-2-4-18(17)26-19/h1-8,24H,9-14H2. The number of amides is 1. The molecule has 6 heteroatoms. The Balaban J connectivity index is 1.30. The zero-order chi connectivity index (χ0) is 17.9. The summed E-state index contributed by atoms with van der Waals surface area (Å²) in [5.41, 5.74) is 2.10. The van der Waals surface area contributed by atoms with Gasteiger partial charge in [0.15, 0.2) is 0 Å². The van der Waals surface area contributed by atoms with Crippen molar-refractivity contribution in [3.8, 4) is 5.75 Å². The molecule has 0 unspecified atom stereocenters. The van der Waals surface area contributed by atoms with Crippen LogP contribution in [0.4, 0.5) is 5.69 Å². The number of hydrogen-bond acceptors (Lipinski definition) is 5. The smallest absolute Gasteiger partial charge is 0.223 e. The van der Waals surface area contributed by atoms with E-state index in [1.807, 2.05) is 35.2 Å². The Morgan fingerprint density at radius 1 is 1.04 bits per heavy atom. The third-order valence-electron chi connectivity index (χ3n) is 4.74. The van der Waals surface area contributed by atoms with Gasteiger partial charge in [0.2, 0.25) is 5.91 Å². The molecule has 1 aromatic heterocycles. The minimum Gasteiger partial charge on any atom is -0.508 e. The molecule has 1 fully saturated rings. The van der Waals surface area contributed by atoms with Gasteiger partial charge in [-0.05, 0) is 36.4 Å². The number of thiazole rings is 1. The van der Waals surface area contributed by atoms with E-state index in [1.54, 1.807) is 23.5 Å². The van der Waals surface area contributed by atoms with Crippen LogP contribution in [-0.4, -0.2) is 47.1 Å². The van der Waals surface area contributed by atoms with E-state index in [1.165, 1.54) is 4.70 Å². The lowest BCUT2D eigenvalue weighted by Crippen LogP contribution is -2.48. The van der Waals surface area contributed by atoms with Gasteiger partial charge in [-0.1, -0.05) is 12.1 Å². The molecule has 26 heavy (non-hydrogen) atoms. The molecule has 4 rings (SSSR count). The van der Waals surface area contributed by atoms with Crippen molar-refractivity contribution in [1.82, 2.24) is 9.88 Å². The van der Waals surface area contributed by atoms with Crippen LogP contribution in [0.25, 0.3) is 10.2 Å². The zero-order valence-electron chi connectivity index (χ0n) is 14.5. The molecule has 0 atom stereocenters. The molecule has 0 aliphatic carbocycles. The number of phenols is 1. The van der Waals surface area contributed by atoms with Crippen molar-refractivity contribution in [3.63, 3.8) is 0 Å². The van der Waals surface area contributed by atoms with Crippen molar-refractivity contribution in [2.24, 2.45) is 0 Å². The molecule has 0 spiro atoms. The first-order valence-corrected chi connectivity index (χ1v) is 9.67. The highest BCUT2D eigenvalue weighted by atomic mass is 32.1. The Morgan fingerprint density at radius 2 is 1.77 bits per heavy atom. The number of para-hydroxylation sites is 1. The third kappa shape index (κ3) is 3.65. The highest BCUT2D eigenvalue weighted by molar-refractivity contribution is 7.18. The number of nitrogens with zero attached hydrogens (tertiary/aromatic N) is 3. The number of piperazine rings is 1. The van der Waals surface area contributed by atoms with Gasteiger partial charge in [-0.25, -0.2) is 4.98 Å². The van der Waals surface area contributed by atoms with E-state index in [0.717, 1.165) is 42.4 Å². The number of rotatable bonds is 4. The van der Waals surface area contributed by atoms with E-state index in [-0.39, 0.29) is 11.7 Å². The van der Waals surface area contributed by atoms with Gasteiger partial charge in [-0.3, -0.25) is 4.79 Å². The predicted octanol–water partition coefficient (Wildman–Crippen LogP) is 3.28. The summed E-state index contributed by atoms with van der Waals surface area (Å²) in [6.45, 7) is 3.11. The van der Waals surface area contributed by atoms with Gasteiger partial charge in [0.25, 0.3) is 0 Å². The van der Waals surface area contributed by atoms with Gasteiger partial charge < -0.3 is 14.9 Å². The van der Waals surface area contributed by atoms with Crippen LogP contribution in [-0.2, 0) is 11.2 Å². The summed E-state index contributed by atoms with van der Waals surface area (Å²) in [6.07, 6.45) is 1.22. The summed E-state index contributed by atoms with van der Waals surface area (Å²) in [4.78, 5) is 21.3. The lowest BCUT2D eigenvalue weighted by atomic mass is 10.2. The molecule has 1 aliphatic rings. The first kappa shape index (κ1) is 16.8. The monoisotopic (exact) mass is 367 g/mol. The van der Waals surface area contributed by atoms with E-state index < -0.39 is 0 Å². The normalized spacial score (nSPS) is 14.8. The molecule has 1 amide bonds. The van der Waals surface area contributed by atoms with E-state index in [9.17, 15) is 9.90 Å². The number of aryl methyl sites for hydroxylation is 1. The number of fused-ring (bicyclic) bond motifs is 1. The van der Waals surface area contributed by atoms with Crippen LogP contribution >= 0.6 is 11.3 Å². The summed E-state index contributed by atoms with van der Waals surface area (Å²) in [7, 11) is 0. The summed E-state index contributed by atoms with van der Waals surface area (Å²) >= 11 is 1.67. The summed E-state index contributed by atoms with van der Waals surface area (Å²) in [6, 6.07) is 15.3. The molecule has 5 nitrogen and oxygen atoms in total. The Kier molecular flexibility index (Phi) is 4.75. The Labute approximate surface area is 156 Å². The summed E-state index contributed by atoms with van der Waals surface area (Å²) < 4.78 is 1.18. The molecule has 0 bridgehead atoms. The van der Waals surface area contributed by atoms with Crippen LogP contribution in [0.3, 0.4) is 0 Å². The van der Waals surface area contributed by atoms with Crippen molar-refractivity contribution >= 4 is 33.1 Å². The lowest BCUT2D eigenvalue weighted by molar-refractivity contribution is -0.131. The fourth-order valence-corrected chi connectivity index (χ4v) is 4.24. The van der Waals surface area contributed by atoms with Gasteiger partial charge in [0.1, 0.15) is 5.75 Å². The molecule has 1 saturated heterocycles. The average Bonchev–Trinajstić information content (AvgIpc) is 3.10. The number of benzene rings is 2. The number of carbonyl (C=O) groups excluding carboxylic acids is 1. The maximum Gasteiger partial charge on any atom is 0.223 e. The van der Waals surface area contributed by atoms with Crippen LogP contribution in [0.15, 0.2) is 48.5 Å². The van der Waals surface area contributed by atoms with Crippen molar-refractivity contribution in [2.75, 3.05) is 31.1 Å². The number of phenolic OH excluding ortho intramolecular Hbond substituents is 1. The lowest BCUT2D eigenvalue weighted by Gasteiger charge is -2.36. The molecule has 0 radical (unpaired) electrons. The SMILES string of the molecule is O=C(CCc1nc2ccccc2s1)N1CCN(c2ccc(O)cc2)CC1. The second-order valence-corrected chi connectivity index (χ2v) is 7.57. The number of anilines is 1. The number of aromatic hydroxyl groups is 1. The molecular formula is C20H21N3O2S. The molecular weight excluding hydrogens is 346 g/mol. The summed E-state index contributed by atoms with van der Waals surface area (Å²) in [5, 5.41) is 10.4. The van der Waals surface area contributed by atoms with Crippen LogP contribution in [0, 0.1) is 0 Å². The average molecular weight is 367 g/mol. The van der Waals surface area contributed by atoms with Crippen LogP contribution in [0.5, 0.6) is 5.75 Å². The van der Waals surface area contributed by atoms with Gasteiger partial charge >= 0.3 is 0 Å². The van der Waals surface area contributed by atoms with E-state index >= 15 is 0 Å². The van der Waals surface area contributed by atoms with Crippen molar-refractivity contribution in [1.29, 1.82) is 0 Å². The number of hydrogen-bond donors (Lipinski definition) is 1. The maximum absolute atomic E-state index is 12.5. The molecule has 1 aliphatic heterocycles. The minimum absolute atomic E-state index is 0.203. The van der Waals surface area contributed by atoms with Crippen molar-refractivity contribution < 1.29 is 9.90 Å². The second kappa shape index (κ2) is 7.33. The predicted molar refractivity (Wildman–Crippen MR) is 105 cm³/mol. The van der Waals surface area contributed by atoms with E-state index in [4.69, 9.17) is 0 Å². The highest BCUT2D eigenvalue weighted by Gasteiger charge is 2.21. The maximum atomic E-state index is 12.5. The van der Waals surface area contributed by atoms with Gasteiger partial charge in [0, 0.05) is 44.7 Å². The van der Waals surface area contributed by atoms with Crippen LogP contribution in [0.2, 0.25) is 0 Å². The van der Waals surface area contributed by atoms with Gasteiger partial charge in [-0.15, -0.1) is 11.3 Å². The Hall–Kier alpha value is -2.60. The molecule has 3 aromatic rings. The molecule has 134 valence electrons. The topological polar surface area (TPSA) is 56.7 Å². The van der Waals surface area contributed by atoms with Crippen molar-refractivity contribution in [3.05, 3.63) is 53.5 Å². The highest BCUT2D eigenvalue weighted by Crippen LogP contribution is 2.23. The first-order valence-electron chi connectivity index (χ1n) is 8.85. The molecule has 2 aromatic carbocycles. The largest absolute Gasteiger partial charge is 0.508 e. The van der Waals surface area contributed by atoms with Crippen molar-refractivity contribution in [2.45, 2.75) is 12.8 Å². The van der Waals surface area contributed by atoms with E-state index in [2.05, 4.69) is 16.0 Å². The van der Waals surface area contributed by atoms with E-state index in [0.29, 0.717) is 12.8 Å². The minimum atomic E-state index is 0.203. The zero-order valence-corrected chi connectivity index (χ0v) is 15.3. The fraction of sp³-hybridized carbons (Fsp3) is 0.300. The molecule has 2 heterocycles. The fourth-order valence-electron chi connectivity index (χ4n) is 3.28. The molecule has 1 N–H and O–H groups in total. The van der Waals surface area contributed by atoms with Crippen LogP contribution in [0.1, 0.15) is 11.4 Å². The number of carbonyl (C=O) groups is 1. The van der Waals surface area contributed by atoms with Crippen LogP contribution < -0.4 is 4.90 Å². The quantitative estimate of drug-likeness (QED) is 0.769. The Morgan fingerprint density at radius 3 is 2.50 bits per heavy atom. The molecule has 0 saturated carbocycles. The van der Waals surface area contributed by atoms with Gasteiger partial charge in [-0.2, -0.15) is 0 Å². The first-order chi connectivity index (χ1) is 12.7.